The Morgan fingerprint density at radius 3 is 2.57 bits per heavy atom. The van der Waals surface area contributed by atoms with E-state index in [4.69, 9.17) is 0 Å². The molecule has 2 saturated heterocycles. The second-order valence-electron chi connectivity index (χ2n) is 7.92. The molecule has 2 aromatic rings. The average molecular weight is 431 g/mol. The zero-order chi connectivity index (χ0) is 21.3. The van der Waals surface area contributed by atoms with E-state index in [1.807, 2.05) is 30.0 Å². The smallest absolute Gasteiger partial charge is 0.322 e. The van der Waals surface area contributed by atoms with Crippen LogP contribution in [0.5, 0.6) is 0 Å². The predicted molar refractivity (Wildman–Crippen MR) is 114 cm³/mol. The SMILES string of the molecule is CCC1(C)NC(=O)N(NC(=O)CN2CCN(Cc3nc4ccccc4s3)CC2)C1=O. The Labute approximate surface area is 179 Å². The lowest BCUT2D eigenvalue weighted by atomic mass is 10.00. The van der Waals surface area contributed by atoms with Gasteiger partial charge in [-0.3, -0.25) is 24.8 Å². The van der Waals surface area contributed by atoms with Crippen LogP contribution in [0.1, 0.15) is 25.3 Å². The summed E-state index contributed by atoms with van der Waals surface area (Å²) in [5.41, 5.74) is 2.52. The molecule has 1 atom stereocenters. The molecule has 1 aromatic carbocycles. The maximum atomic E-state index is 12.4. The number of imide groups is 1. The zero-order valence-corrected chi connectivity index (χ0v) is 18.0. The van der Waals surface area contributed by atoms with Crippen molar-refractivity contribution in [3.05, 3.63) is 29.3 Å². The van der Waals surface area contributed by atoms with Gasteiger partial charge in [-0.05, 0) is 25.5 Å². The molecule has 3 heterocycles. The summed E-state index contributed by atoms with van der Waals surface area (Å²) in [6, 6.07) is 7.55. The van der Waals surface area contributed by atoms with Gasteiger partial charge in [0.05, 0.1) is 23.3 Å². The molecule has 2 N–H and O–H groups in total. The molecule has 30 heavy (non-hydrogen) atoms. The maximum absolute atomic E-state index is 12.4. The summed E-state index contributed by atoms with van der Waals surface area (Å²) < 4.78 is 1.20. The first-order valence-corrected chi connectivity index (χ1v) is 10.9. The minimum absolute atomic E-state index is 0.148. The summed E-state index contributed by atoms with van der Waals surface area (Å²) in [5, 5.41) is 4.52. The van der Waals surface area contributed by atoms with Crippen LogP contribution in [-0.4, -0.2) is 75.9 Å². The van der Waals surface area contributed by atoms with Crippen molar-refractivity contribution < 1.29 is 14.4 Å². The van der Waals surface area contributed by atoms with Gasteiger partial charge in [-0.2, -0.15) is 5.01 Å². The van der Waals surface area contributed by atoms with Crippen molar-refractivity contribution >= 4 is 39.4 Å². The van der Waals surface area contributed by atoms with Gasteiger partial charge in [0.2, 0.25) is 0 Å². The van der Waals surface area contributed by atoms with Crippen molar-refractivity contribution in [3.63, 3.8) is 0 Å². The number of rotatable bonds is 6. The van der Waals surface area contributed by atoms with Gasteiger partial charge >= 0.3 is 6.03 Å². The zero-order valence-electron chi connectivity index (χ0n) is 17.2. The summed E-state index contributed by atoms with van der Waals surface area (Å²) in [5.74, 6) is -0.789. The number of fused-ring (bicyclic) bond motifs is 1. The van der Waals surface area contributed by atoms with Crippen LogP contribution < -0.4 is 10.7 Å². The van der Waals surface area contributed by atoms with E-state index < -0.39 is 17.5 Å². The number of hydrogen-bond acceptors (Lipinski definition) is 7. The predicted octanol–water partition coefficient (Wildman–Crippen LogP) is 1.17. The van der Waals surface area contributed by atoms with Crippen LogP contribution in [0, 0.1) is 0 Å². The summed E-state index contributed by atoms with van der Waals surface area (Å²) in [4.78, 5) is 45.8. The second-order valence-corrected chi connectivity index (χ2v) is 9.03. The van der Waals surface area contributed by atoms with E-state index in [1.165, 1.54) is 4.70 Å². The molecule has 0 aliphatic carbocycles. The number of carbonyl (C=O) groups is 3. The summed E-state index contributed by atoms with van der Waals surface area (Å²) >= 11 is 1.72. The van der Waals surface area contributed by atoms with E-state index >= 15 is 0 Å². The highest BCUT2D eigenvalue weighted by Crippen LogP contribution is 2.23. The van der Waals surface area contributed by atoms with E-state index in [0.717, 1.165) is 48.3 Å². The van der Waals surface area contributed by atoms with E-state index in [9.17, 15) is 14.4 Å². The number of piperazine rings is 1. The Morgan fingerprint density at radius 1 is 1.20 bits per heavy atom. The lowest BCUT2D eigenvalue weighted by molar-refractivity contribution is -0.139. The van der Waals surface area contributed by atoms with E-state index in [2.05, 4.69) is 26.7 Å². The Morgan fingerprint density at radius 2 is 1.90 bits per heavy atom. The highest BCUT2D eigenvalue weighted by atomic mass is 32.1. The van der Waals surface area contributed by atoms with Crippen LogP contribution in [0.15, 0.2) is 24.3 Å². The number of para-hydroxylation sites is 1. The van der Waals surface area contributed by atoms with Crippen molar-refractivity contribution in [2.45, 2.75) is 32.4 Å². The van der Waals surface area contributed by atoms with Crippen molar-refractivity contribution in [3.8, 4) is 0 Å². The first-order chi connectivity index (χ1) is 14.4. The van der Waals surface area contributed by atoms with Gasteiger partial charge in [-0.15, -0.1) is 11.3 Å². The summed E-state index contributed by atoms with van der Waals surface area (Å²) in [7, 11) is 0. The molecule has 2 aliphatic heterocycles. The highest BCUT2D eigenvalue weighted by molar-refractivity contribution is 7.18. The standard InChI is InChI=1S/C20H26N6O3S/c1-3-20(2)18(28)26(19(29)22-20)23-16(27)12-24-8-10-25(11-9-24)13-17-21-14-6-4-5-7-15(14)30-17/h4-7H,3,8-13H2,1-2H3,(H,22,29)(H,23,27). The molecule has 2 aliphatic rings. The molecule has 1 unspecified atom stereocenters. The van der Waals surface area contributed by atoms with E-state index in [1.54, 1.807) is 18.3 Å². The number of nitrogens with one attached hydrogen (secondary N) is 2. The number of urea groups is 1. The summed E-state index contributed by atoms with van der Waals surface area (Å²) in [6.45, 7) is 7.57. The van der Waals surface area contributed by atoms with Gasteiger partial charge in [0.1, 0.15) is 10.5 Å². The number of benzene rings is 1. The van der Waals surface area contributed by atoms with Crippen molar-refractivity contribution in [2.75, 3.05) is 32.7 Å². The fourth-order valence-electron chi connectivity index (χ4n) is 3.67. The number of hydrazine groups is 1. The third kappa shape index (κ3) is 4.16. The Kier molecular flexibility index (Phi) is 5.72. The number of thiazole rings is 1. The van der Waals surface area contributed by atoms with Crippen LogP contribution >= 0.6 is 11.3 Å². The Balaban J connectivity index is 1.25. The molecule has 4 rings (SSSR count). The molecule has 160 valence electrons. The van der Waals surface area contributed by atoms with Crippen molar-refractivity contribution in [1.29, 1.82) is 0 Å². The average Bonchev–Trinajstić information content (AvgIpc) is 3.23. The maximum Gasteiger partial charge on any atom is 0.344 e. The number of amides is 4. The van der Waals surface area contributed by atoms with Crippen LogP contribution in [-0.2, 0) is 16.1 Å². The molecule has 0 spiro atoms. The molecule has 0 saturated carbocycles. The van der Waals surface area contributed by atoms with Gasteiger partial charge in [-0.25, -0.2) is 9.78 Å². The topological polar surface area (TPSA) is 97.9 Å². The van der Waals surface area contributed by atoms with E-state index in [-0.39, 0.29) is 12.5 Å². The molecule has 4 amide bonds. The Hall–Kier alpha value is -2.56. The third-order valence-electron chi connectivity index (χ3n) is 5.73. The van der Waals surface area contributed by atoms with E-state index in [0.29, 0.717) is 6.42 Å². The molecule has 0 radical (unpaired) electrons. The van der Waals surface area contributed by atoms with Crippen LogP contribution in [0.3, 0.4) is 0 Å². The fraction of sp³-hybridized carbons (Fsp3) is 0.500. The van der Waals surface area contributed by atoms with Gasteiger partial charge in [0, 0.05) is 26.2 Å². The van der Waals surface area contributed by atoms with Crippen LogP contribution in [0.25, 0.3) is 10.2 Å². The molecular formula is C20H26N6O3S. The van der Waals surface area contributed by atoms with Crippen LogP contribution in [0.2, 0.25) is 0 Å². The normalized spacial score (nSPS) is 23.2. The quantitative estimate of drug-likeness (QED) is 0.668. The first kappa shape index (κ1) is 20.7. The molecule has 2 fully saturated rings. The van der Waals surface area contributed by atoms with Crippen LogP contribution in [0.4, 0.5) is 4.79 Å². The molecule has 10 heteroatoms. The number of hydrogen-bond donors (Lipinski definition) is 2. The lowest BCUT2D eigenvalue weighted by Crippen LogP contribution is -2.53. The number of nitrogens with zero attached hydrogens (tertiary/aromatic N) is 4. The third-order valence-corrected chi connectivity index (χ3v) is 6.75. The van der Waals surface area contributed by atoms with Crippen molar-refractivity contribution in [2.24, 2.45) is 0 Å². The second kappa shape index (κ2) is 8.29. The van der Waals surface area contributed by atoms with Gasteiger partial charge in [0.15, 0.2) is 0 Å². The number of aromatic nitrogens is 1. The van der Waals surface area contributed by atoms with Gasteiger partial charge in [-0.1, -0.05) is 19.1 Å². The largest absolute Gasteiger partial charge is 0.344 e. The monoisotopic (exact) mass is 430 g/mol. The fourth-order valence-corrected chi connectivity index (χ4v) is 4.68. The van der Waals surface area contributed by atoms with Gasteiger partial charge in [0.25, 0.3) is 11.8 Å². The minimum atomic E-state index is -0.962. The molecular weight excluding hydrogens is 404 g/mol. The Bertz CT molecular complexity index is 937. The lowest BCUT2D eigenvalue weighted by Gasteiger charge is -2.33. The number of carbonyl (C=O) groups excluding carboxylic acids is 3. The molecule has 1 aromatic heterocycles. The first-order valence-electron chi connectivity index (χ1n) is 10.1. The molecule has 9 nitrogen and oxygen atoms in total. The summed E-state index contributed by atoms with van der Waals surface area (Å²) in [6.07, 6.45) is 0.459. The highest BCUT2D eigenvalue weighted by Gasteiger charge is 2.47. The van der Waals surface area contributed by atoms with Gasteiger partial charge < -0.3 is 5.32 Å². The molecule has 0 bridgehead atoms. The minimum Gasteiger partial charge on any atom is -0.322 e. The van der Waals surface area contributed by atoms with Crippen molar-refractivity contribution in [1.82, 2.24) is 30.5 Å².